The summed E-state index contributed by atoms with van der Waals surface area (Å²) >= 11 is 11.7. The molecule has 5 rings (SSSR count). The summed E-state index contributed by atoms with van der Waals surface area (Å²) in [6, 6.07) is 3.76. The van der Waals surface area contributed by atoms with Crippen molar-refractivity contribution in [2.24, 2.45) is 11.7 Å². The number of fused-ring (bicyclic) bond motifs is 1. The van der Waals surface area contributed by atoms with Crippen LogP contribution in [0.2, 0.25) is 5.02 Å². The molecule has 3 aromatic heterocycles. The molecule has 1 saturated carbocycles. The summed E-state index contributed by atoms with van der Waals surface area (Å²) < 4.78 is 39.0. The van der Waals surface area contributed by atoms with Crippen LogP contribution < -0.4 is 11.1 Å². The predicted molar refractivity (Wildman–Crippen MR) is 116 cm³/mol. The monoisotopic (exact) mass is 475 g/mol. The number of hydrogen-bond donors (Lipinski definition) is 3. The number of nitrogens with one attached hydrogen (secondary N) is 1. The van der Waals surface area contributed by atoms with Crippen LogP contribution in [0.25, 0.3) is 16.2 Å². The van der Waals surface area contributed by atoms with Gasteiger partial charge in [0.15, 0.2) is 10.0 Å². The molecule has 0 radical (unpaired) electrons. The Balaban J connectivity index is 0.000000313. The van der Waals surface area contributed by atoms with Gasteiger partial charge in [-0.05, 0) is 56.0 Å². The minimum atomic E-state index is -2.62. The first-order chi connectivity index (χ1) is 14.3. The van der Waals surface area contributed by atoms with Gasteiger partial charge in [-0.1, -0.05) is 22.9 Å². The molecule has 0 spiro atoms. The molecule has 5 nitrogen and oxygen atoms in total. The van der Waals surface area contributed by atoms with E-state index in [2.05, 4.69) is 28.1 Å². The molecule has 3 aromatic rings. The van der Waals surface area contributed by atoms with Crippen molar-refractivity contribution in [1.29, 1.82) is 0 Å². The van der Waals surface area contributed by atoms with Gasteiger partial charge < -0.3 is 15.5 Å². The molecule has 1 aliphatic heterocycles. The zero-order valence-electron chi connectivity index (χ0n) is 15.9. The third-order valence-electron chi connectivity index (χ3n) is 5.26. The van der Waals surface area contributed by atoms with Gasteiger partial charge in [0, 0.05) is 16.6 Å². The van der Waals surface area contributed by atoms with Crippen molar-refractivity contribution in [2.45, 2.75) is 36.1 Å². The second kappa shape index (κ2) is 8.66. The topological polar surface area (TPSA) is 68.2 Å². The van der Waals surface area contributed by atoms with E-state index in [0.717, 1.165) is 60.5 Å². The highest BCUT2D eigenvalue weighted by Crippen LogP contribution is 2.36. The summed E-state index contributed by atoms with van der Waals surface area (Å²) in [4.78, 5) is 0.694. The van der Waals surface area contributed by atoms with E-state index in [1.54, 1.807) is 6.07 Å². The Morgan fingerprint density at radius 1 is 1.33 bits per heavy atom. The summed E-state index contributed by atoms with van der Waals surface area (Å²) in [6.07, 6.45) is 1.84. The lowest BCUT2D eigenvalue weighted by Gasteiger charge is -2.26. The summed E-state index contributed by atoms with van der Waals surface area (Å²) in [5.74, 6) is 0.557. The fraction of sp³-hybridized carbons (Fsp3) is 0.474. The van der Waals surface area contributed by atoms with Crippen LogP contribution in [0.1, 0.15) is 29.8 Å². The van der Waals surface area contributed by atoms with Crippen molar-refractivity contribution in [1.82, 2.24) is 19.9 Å². The van der Waals surface area contributed by atoms with Gasteiger partial charge in [-0.3, -0.25) is 0 Å². The first-order valence-corrected chi connectivity index (χ1v) is 11.1. The SMILES string of the molecule is FC(F)c1nnc(-c2cc(CC3CNC3)c3c(Cl)cc(S)cn23)s1.NC1(CF)CC1. The van der Waals surface area contributed by atoms with Crippen molar-refractivity contribution >= 4 is 41.1 Å². The Kier molecular flexibility index (Phi) is 6.32. The number of aromatic nitrogens is 3. The second-order valence-corrected chi connectivity index (χ2v) is 9.72. The maximum atomic E-state index is 12.8. The zero-order chi connectivity index (χ0) is 21.5. The lowest BCUT2D eigenvalue weighted by molar-refractivity contribution is 0.150. The molecule has 3 N–H and O–H groups in total. The molecule has 162 valence electrons. The van der Waals surface area contributed by atoms with Gasteiger partial charge >= 0.3 is 0 Å². The summed E-state index contributed by atoms with van der Waals surface area (Å²) in [5.41, 5.74) is 7.58. The van der Waals surface area contributed by atoms with Crippen LogP contribution in [0.4, 0.5) is 13.2 Å². The Bertz CT molecular complexity index is 1050. The summed E-state index contributed by atoms with van der Waals surface area (Å²) in [6.45, 7) is 1.61. The number of halogens is 4. The Labute approximate surface area is 186 Å². The van der Waals surface area contributed by atoms with E-state index in [1.807, 2.05) is 16.7 Å². The lowest BCUT2D eigenvalue weighted by atomic mass is 9.95. The molecule has 0 amide bonds. The fourth-order valence-electron chi connectivity index (χ4n) is 3.19. The summed E-state index contributed by atoms with van der Waals surface area (Å²) in [7, 11) is 0. The minimum absolute atomic E-state index is 0.280. The van der Waals surface area contributed by atoms with Crippen LogP contribution in [-0.4, -0.2) is 39.9 Å². The average Bonchev–Trinajstić information content (AvgIpc) is 3.07. The van der Waals surface area contributed by atoms with Gasteiger partial charge in [-0.2, -0.15) is 0 Å². The van der Waals surface area contributed by atoms with Gasteiger partial charge in [0.2, 0.25) is 0 Å². The minimum Gasteiger partial charge on any atom is -0.323 e. The van der Waals surface area contributed by atoms with Crippen molar-refractivity contribution in [2.75, 3.05) is 19.8 Å². The zero-order valence-corrected chi connectivity index (χ0v) is 18.4. The van der Waals surface area contributed by atoms with E-state index in [4.69, 9.17) is 17.3 Å². The van der Waals surface area contributed by atoms with E-state index >= 15 is 0 Å². The molecule has 0 atom stereocenters. The van der Waals surface area contributed by atoms with E-state index in [9.17, 15) is 13.2 Å². The van der Waals surface area contributed by atoms with Gasteiger partial charge in [-0.15, -0.1) is 22.8 Å². The largest absolute Gasteiger partial charge is 0.323 e. The van der Waals surface area contributed by atoms with Gasteiger partial charge in [0.05, 0.1) is 16.2 Å². The Hall–Kier alpha value is -1.33. The molecule has 0 unspecified atom stereocenters. The Morgan fingerprint density at radius 2 is 2.07 bits per heavy atom. The number of rotatable bonds is 5. The standard InChI is InChI=1S/C15H13ClF2N4S2.C4H8FN/c16-10-3-9(23)6-22-11(14-20-21-15(24-14)13(17)18)2-8(12(10)22)1-7-4-19-5-7;5-3-4(6)1-2-4/h2-3,6-7,13,19,23H,1,4-5H2;1-3,6H2. The highest BCUT2D eigenvalue weighted by atomic mass is 35.5. The third kappa shape index (κ3) is 4.62. The normalized spacial score (nSPS) is 17.7. The van der Waals surface area contributed by atoms with E-state index in [0.29, 0.717) is 20.8 Å². The van der Waals surface area contributed by atoms with E-state index in [-0.39, 0.29) is 17.2 Å². The van der Waals surface area contributed by atoms with Gasteiger partial charge in [0.25, 0.3) is 6.43 Å². The number of thiol groups is 1. The molecule has 2 fully saturated rings. The highest BCUT2D eigenvalue weighted by Gasteiger charge is 2.37. The molecular formula is C19H21ClF3N5S2. The van der Waals surface area contributed by atoms with E-state index < -0.39 is 6.43 Å². The quantitative estimate of drug-likeness (QED) is 0.474. The van der Waals surface area contributed by atoms with Crippen molar-refractivity contribution in [3.8, 4) is 10.7 Å². The number of alkyl halides is 3. The predicted octanol–water partition coefficient (Wildman–Crippen LogP) is 4.55. The molecular weight excluding hydrogens is 455 g/mol. The van der Waals surface area contributed by atoms with Crippen LogP contribution in [0.5, 0.6) is 0 Å². The average molecular weight is 476 g/mol. The van der Waals surface area contributed by atoms with Crippen LogP contribution >= 0.6 is 35.6 Å². The molecule has 4 heterocycles. The maximum Gasteiger partial charge on any atom is 0.291 e. The maximum absolute atomic E-state index is 12.8. The third-order valence-corrected chi connectivity index (χ3v) is 6.74. The smallest absolute Gasteiger partial charge is 0.291 e. The molecule has 30 heavy (non-hydrogen) atoms. The number of nitrogens with zero attached hydrogens (tertiary/aromatic N) is 3. The number of hydrogen-bond acceptors (Lipinski definition) is 6. The van der Waals surface area contributed by atoms with Crippen molar-refractivity contribution in [3.05, 3.63) is 33.9 Å². The Morgan fingerprint density at radius 3 is 2.57 bits per heavy atom. The molecule has 2 aliphatic rings. The number of pyridine rings is 1. The lowest BCUT2D eigenvalue weighted by Crippen LogP contribution is -2.43. The van der Waals surface area contributed by atoms with Gasteiger partial charge in [-0.25, -0.2) is 13.2 Å². The molecule has 1 saturated heterocycles. The first kappa shape index (κ1) is 21.9. The summed E-state index contributed by atoms with van der Waals surface area (Å²) in [5, 5.41) is 11.5. The molecule has 11 heteroatoms. The first-order valence-electron chi connectivity index (χ1n) is 9.49. The highest BCUT2D eigenvalue weighted by molar-refractivity contribution is 7.80. The van der Waals surface area contributed by atoms with Crippen LogP contribution in [0.15, 0.2) is 23.2 Å². The van der Waals surface area contributed by atoms with Crippen molar-refractivity contribution < 1.29 is 13.2 Å². The van der Waals surface area contributed by atoms with Crippen LogP contribution in [0.3, 0.4) is 0 Å². The fourth-order valence-corrected chi connectivity index (χ4v) is 4.56. The number of nitrogens with two attached hydrogens (primary N) is 1. The molecule has 1 aliphatic carbocycles. The van der Waals surface area contributed by atoms with Crippen LogP contribution in [0, 0.1) is 5.92 Å². The molecule has 0 aromatic carbocycles. The molecule has 0 bridgehead atoms. The van der Waals surface area contributed by atoms with Gasteiger partial charge in [0.1, 0.15) is 6.67 Å². The van der Waals surface area contributed by atoms with Crippen molar-refractivity contribution in [3.63, 3.8) is 0 Å². The van der Waals surface area contributed by atoms with E-state index in [1.165, 1.54) is 0 Å². The second-order valence-electron chi connectivity index (χ2n) is 7.79. The van der Waals surface area contributed by atoms with Crippen LogP contribution in [-0.2, 0) is 6.42 Å².